The molecule has 1 N–H and O–H groups in total. The first-order valence-corrected chi connectivity index (χ1v) is 7.63. The fraction of sp³-hybridized carbons (Fsp3) is 0.500. The molecule has 0 atom stereocenters. The molecule has 0 saturated carbocycles. The standard InChI is InChI=1S/C14H17BrF2N2O2/c1-2-21-14(20)19-5-3-9(4-6-19)18-13-7-10(15)11(16)8-12(13)17/h7-9,18H,2-6H2,1H3. The third kappa shape index (κ3) is 4.06. The van der Waals surface area contributed by atoms with Crippen molar-refractivity contribution < 1.29 is 18.3 Å². The van der Waals surface area contributed by atoms with E-state index in [4.69, 9.17) is 4.74 Å². The smallest absolute Gasteiger partial charge is 0.409 e. The summed E-state index contributed by atoms with van der Waals surface area (Å²) in [7, 11) is 0. The van der Waals surface area contributed by atoms with Gasteiger partial charge in [0.05, 0.1) is 16.8 Å². The largest absolute Gasteiger partial charge is 0.450 e. The topological polar surface area (TPSA) is 41.6 Å². The molecule has 2 rings (SSSR count). The van der Waals surface area contributed by atoms with Crippen LogP contribution in [0.4, 0.5) is 19.3 Å². The summed E-state index contributed by atoms with van der Waals surface area (Å²) in [5.74, 6) is -1.25. The number of likely N-dealkylation sites (tertiary alicyclic amines) is 1. The Kier molecular flexibility index (Phi) is 5.39. The molecule has 0 aliphatic carbocycles. The van der Waals surface area contributed by atoms with E-state index >= 15 is 0 Å². The molecule has 0 bridgehead atoms. The van der Waals surface area contributed by atoms with E-state index in [1.165, 1.54) is 6.07 Å². The molecule has 1 aromatic rings. The van der Waals surface area contributed by atoms with Crippen LogP contribution in [0.3, 0.4) is 0 Å². The maximum absolute atomic E-state index is 13.7. The van der Waals surface area contributed by atoms with Crippen LogP contribution in [0.1, 0.15) is 19.8 Å². The number of carbonyl (C=O) groups excluding carboxylic acids is 1. The normalized spacial score (nSPS) is 15.9. The summed E-state index contributed by atoms with van der Waals surface area (Å²) in [6, 6.07) is 2.28. The summed E-state index contributed by atoms with van der Waals surface area (Å²) >= 11 is 3.04. The highest BCUT2D eigenvalue weighted by molar-refractivity contribution is 9.10. The van der Waals surface area contributed by atoms with Gasteiger partial charge < -0.3 is 15.0 Å². The average molecular weight is 363 g/mol. The van der Waals surface area contributed by atoms with E-state index in [1.807, 2.05) is 0 Å². The Bertz CT molecular complexity index is 520. The van der Waals surface area contributed by atoms with E-state index in [0.29, 0.717) is 32.5 Å². The van der Waals surface area contributed by atoms with Crippen molar-refractivity contribution in [2.24, 2.45) is 0 Å². The van der Waals surface area contributed by atoms with Crippen molar-refractivity contribution in [2.45, 2.75) is 25.8 Å². The predicted molar refractivity (Wildman–Crippen MR) is 79.3 cm³/mol. The second-order valence-corrected chi connectivity index (χ2v) is 5.71. The molecule has 0 radical (unpaired) electrons. The molecule has 0 aromatic heterocycles. The highest BCUT2D eigenvalue weighted by Crippen LogP contribution is 2.26. The number of carbonyl (C=O) groups is 1. The van der Waals surface area contributed by atoms with Crippen LogP contribution in [-0.2, 0) is 4.74 Å². The van der Waals surface area contributed by atoms with E-state index in [2.05, 4.69) is 21.2 Å². The lowest BCUT2D eigenvalue weighted by Crippen LogP contribution is -2.42. The molecule has 1 aromatic carbocycles. The monoisotopic (exact) mass is 362 g/mol. The average Bonchev–Trinajstić information content (AvgIpc) is 2.46. The number of nitrogens with zero attached hydrogens (tertiary/aromatic N) is 1. The Balaban J connectivity index is 1.92. The number of hydrogen-bond acceptors (Lipinski definition) is 3. The summed E-state index contributed by atoms with van der Waals surface area (Å²) in [5, 5.41) is 3.06. The molecule has 1 aliphatic heterocycles. The van der Waals surface area contributed by atoms with Gasteiger partial charge >= 0.3 is 6.09 Å². The number of rotatable bonds is 3. The fourth-order valence-electron chi connectivity index (χ4n) is 2.27. The van der Waals surface area contributed by atoms with Crippen LogP contribution >= 0.6 is 15.9 Å². The van der Waals surface area contributed by atoms with Gasteiger partial charge in [0.15, 0.2) is 0 Å². The lowest BCUT2D eigenvalue weighted by molar-refractivity contribution is 0.0983. The first-order chi connectivity index (χ1) is 10.0. The number of nitrogens with one attached hydrogen (secondary N) is 1. The summed E-state index contributed by atoms with van der Waals surface area (Å²) in [6.45, 7) is 3.23. The molecule has 4 nitrogen and oxygen atoms in total. The van der Waals surface area contributed by atoms with Crippen LogP contribution in [0, 0.1) is 11.6 Å². The minimum Gasteiger partial charge on any atom is -0.450 e. The Morgan fingerprint density at radius 3 is 2.67 bits per heavy atom. The first kappa shape index (κ1) is 16.0. The molecule has 116 valence electrons. The highest BCUT2D eigenvalue weighted by Gasteiger charge is 2.24. The van der Waals surface area contributed by atoms with Crippen molar-refractivity contribution in [2.75, 3.05) is 25.0 Å². The van der Waals surface area contributed by atoms with Crippen LogP contribution in [0.25, 0.3) is 0 Å². The van der Waals surface area contributed by atoms with Crippen LogP contribution in [0.2, 0.25) is 0 Å². The first-order valence-electron chi connectivity index (χ1n) is 6.84. The molecule has 1 heterocycles. The molecule has 1 saturated heterocycles. The Morgan fingerprint density at radius 1 is 1.38 bits per heavy atom. The van der Waals surface area contributed by atoms with E-state index in [9.17, 15) is 13.6 Å². The van der Waals surface area contributed by atoms with E-state index < -0.39 is 11.6 Å². The lowest BCUT2D eigenvalue weighted by atomic mass is 10.0. The minimum atomic E-state index is -0.629. The van der Waals surface area contributed by atoms with Crippen LogP contribution < -0.4 is 5.32 Å². The summed E-state index contributed by atoms with van der Waals surface area (Å²) < 4.78 is 32.0. The Labute approximate surface area is 130 Å². The van der Waals surface area contributed by atoms with Gasteiger partial charge in [0.1, 0.15) is 11.6 Å². The molecule has 21 heavy (non-hydrogen) atoms. The molecule has 0 spiro atoms. The summed E-state index contributed by atoms with van der Waals surface area (Å²) in [5.41, 5.74) is 0.262. The van der Waals surface area contributed by atoms with Crippen LogP contribution in [-0.4, -0.2) is 36.7 Å². The zero-order valence-corrected chi connectivity index (χ0v) is 13.3. The number of ether oxygens (including phenoxy) is 1. The van der Waals surface area contributed by atoms with Gasteiger partial charge in [0.2, 0.25) is 0 Å². The molecule has 1 amide bonds. The predicted octanol–water partition coefficient (Wildman–Crippen LogP) is 3.76. The molecule has 1 aliphatic rings. The third-order valence-corrected chi connectivity index (χ3v) is 4.00. The lowest BCUT2D eigenvalue weighted by Gasteiger charge is -2.32. The zero-order chi connectivity index (χ0) is 15.4. The molecular weight excluding hydrogens is 346 g/mol. The summed E-state index contributed by atoms with van der Waals surface area (Å²) in [6.07, 6.45) is 1.06. The number of benzene rings is 1. The number of anilines is 1. The second-order valence-electron chi connectivity index (χ2n) is 4.85. The SMILES string of the molecule is CCOC(=O)N1CCC(Nc2cc(Br)c(F)cc2F)CC1. The van der Waals surface area contributed by atoms with Gasteiger partial charge in [0.25, 0.3) is 0 Å². The number of piperidine rings is 1. The Morgan fingerprint density at radius 2 is 2.05 bits per heavy atom. The quantitative estimate of drug-likeness (QED) is 0.832. The van der Waals surface area contributed by atoms with Gasteiger partial charge in [-0.25, -0.2) is 13.6 Å². The molecule has 0 unspecified atom stereocenters. The van der Waals surface area contributed by atoms with Gasteiger partial charge in [-0.1, -0.05) is 0 Å². The van der Waals surface area contributed by atoms with Gasteiger partial charge in [-0.2, -0.15) is 0 Å². The number of amides is 1. The van der Waals surface area contributed by atoms with Crippen molar-refractivity contribution in [3.63, 3.8) is 0 Å². The fourth-order valence-corrected chi connectivity index (χ4v) is 2.62. The molecule has 7 heteroatoms. The second kappa shape index (κ2) is 7.06. The minimum absolute atomic E-state index is 0.0440. The number of halogens is 3. The van der Waals surface area contributed by atoms with Crippen molar-refractivity contribution in [1.82, 2.24) is 4.90 Å². The summed E-state index contributed by atoms with van der Waals surface area (Å²) in [4.78, 5) is 13.2. The number of hydrogen-bond donors (Lipinski definition) is 1. The third-order valence-electron chi connectivity index (χ3n) is 3.39. The van der Waals surface area contributed by atoms with E-state index in [-0.39, 0.29) is 22.3 Å². The maximum atomic E-state index is 13.7. The highest BCUT2D eigenvalue weighted by atomic mass is 79.9. The van der Waals surface area contributed by atoms with Crippen molar-refractivity contribution >= 4 is 27.7 Å². The Hall–Kier alpha value is -1.37. The molecular formula is C14H17BrF2N2O2. The molecule has 1 fully saturated rings. The zero-order valence-electron chi connectivity index (χ0n) is 11.7. The van der Waals surface area contributed by atoms with E-state index in [0.717, 1.165) is 6.07 Å². The van der Waals surface area contributed by atoms with Gasteiger partial charge in [-0.05, 0) is 41.8 Å². The van der Waals surface area contributed by atoms with Crippen LogP contribution in [0.5, 0.6) is 0 Å². The maximum Gasteiger partial charge on any atom is 0.409 e. The van der Waals surface area contributed by atoms with E-state index in [1.54, 1.807) is 11.8 Å². The van der Waals surface area contributed by atoms with Gasteiger partial charge in [0, 0.05) is 25.2 Å². The van der Waals surface area contributed by atoms with Crippen molar-refractivity contribution in [3.8, 4) is 0 Å². The van der Waals surface area contributed by atoms with Gasteiger partial charge in [-0.3, -0.25) is 0 Å². The van der Waals surface area contributed by atoms with Crippen molar-refractivity contribution in [3.05, 3.63) is 28.2 Å². The van der Waals surface area contributed by atoms with Gasteiger partial charge in [-0.15, -0.1) is 0 Å². The van der Waals surface area contributed by atoms with Crippen LogP contribution in [0.15, 0.2) is 16.6 Å². The van der Waals surface area contributed by atoms with Crippen molar-refractivity contribution in [1.29, 1.82) is 0 Å².